The van der Waals surface area contributed by atoms with Crippen molar-refractivity contribution in [1.82, 2.24) is 0 Å². The molecular weight excluding hydrogens is 211 g/mol. The average molecular weight is 226 g/mol. The summed E-state index contributed by atoms with van der Waals surface area (Å²) in [7, 11) is 0. The minimum atomic E-state index is -0.806. The Bertz CT molecular complexity index is 382. The molecule has 0 aliphatic rings. The Morgan fingerprint density at radius 2 is 2.25 bits per heavy atom. The third kappa shape index (κ3) is 2.92. The molecule has 1 N–H and O–H groups in total. The molecule has 0 amide bonds. The monoisotopic (exact) mass is 226 g/mol. The van der Waals surface area contributed by atoms with Crippen LogP contribution in [-0.4, -0.2) is 11.5 Å². The van der Waals surface area contributed by atoms with Gasteiger partial charge in [-0.3, -0.25) is 10.1 Å². The van der Waals surface area contributed by atoms with Crippen LogP contribution >= 0.6 is 0 Å². The first-order chi connectivity index (χ1) is 7.56. The second kappa shape index (κ2) is 5.44. The predicted molar refractivity (Wildman–Crippen MR) is 61.0 cm³/mol. The molecule has 0 saturated heterocycles. The quantitative estimate of drug-likeness (QED) is 0.619. The number of halogens is 1. The SMILES string of the molecule is CCC(C)CNc1cccc(F)c1[N+](=O)[O-]. The zero-order valence-corrected chi connectivity index (χ0v) is 9.37. The van der Waals surface area contributed by atoms with Crippen LogP contribution in [0.15, 0.2) is 18.2 Å². The first-order valence-electron chi connectivity index (χ1n) is 5.23. The van der Waals surface area contributed by atoms with E-state index in [0.29, 0.717) is 12.5 Å². The van der Waals surface area contributed by atoms with Gasteiger partial charge in [-0.05, 0) is 18.1 Å². The van der Waals surface area contributed by atoms with E-state index in [1.54, 1.807) is 0 Å². The molecule has 1 atom stereocenters. The van der Waals surface area contributed by atoms with Gasteiger partial charge in [-0.1, -0.05) is 26.3 Å². The molecule has 16 heavy (non-hydrogen) atoms. The first-order valence-corrected chi connectivity index (χ1v) is 5.23. The van der Waals surface area contributed by atoms with E-state index in [4.69, 9.17) is 0 Å². The second-order valence-electron chi connectivity index (χ2n) is 3.79. The Labute approximate surface area is 93.6 Å². The molecule has 0 aromatic heterocycles. The predicted octanol–water partition coefficient (Wildman–Crippen LogP) is 3.19. The summed E-state index contributed by atoms with van der Waals surface area (Å²) in [6, 6.07) is 4.07. The van der Waals surface area contributed by atoms with E-state index in [9.17, 15) is 14.5 Å². The zero-order chi connectivity index (χ0) is 12.1. The van der Waals surface area contributed by atoms with E-state index < -0.39 is 16.4 Å². The smallest absolute Gasteiger partial charge is 0.327 e. The van der Waals surface area contributed by atoms with Crippen LogP contribution in [0.2, 0.25) is 0 Å². The fourth-order valence-corrected chi connectivity index (χ4v) is 1.27. The van der Waals surface area contributed by atoms with E-state index in [1.807, 2.05) is 13.8 Å². The number of rotatable bonds is 5. The summed E-state index contributed by atoms with van der Waals surface area (Å²) >= 11 is 0. The van der Waals surface area contributed by atoms with Gasteiger partial charge in [0.25, 0.3) is 0 Å². The van der Waals surface area contributed by atoms with E-state index in [2.05, 4.69) is 5.32 Å². The number of anilines is 1. The van der Waals surface area contributed by atoms with Crippen molar-refractivity contribution in [3.8, 4) is 0 Å². The van der Waals surface area contributed by atoms with Gasteiger partial charge in [0.2, 0.25) is 5.82 Å². The normalized spacial score (nSPS) is 12.2. The Morgan fingerprint density at radius 3 is 2.81 bits per heavy atom. The van der Waals surface area contributed by atoms with Gasteiger partial charge in [-0.25, -0.2) is 0 Å². The molecule has 0 aliphatic heterocycles. The van der Waals surface area contributed by atoms with Gasteiger partial charge in [-0.2, -0.15) is 4.39 Å². The molecule has 0 bridgehead atoms. The number of benzene rings is 1. The lowest BCUT2D eigenvalue weighted by Gasteiger charge is -2.11. The van der Waals surface area contributed by atoms with Crippen LogP contribution < -0.4 is 5.32 Å². The van der Waals surface area contributed by atoms with E-state index in [-0.39, 0.29) is 5.69 Å². The lowest BCUT2D eigenvalue weighted by Crippen LogP contribution is -2.11. The summed E-state index contributed by atoms with van der Waals surface area (Å²) in [5, 5.41) is 13.6. The first kappa shape index (κ1) is 12.4. The number of hydrogen-bond donors (Lipinski definition) is 1. The van der Waals surface area contributed by atoms with Gasteiger partial charge < -0.3 is 5.32 Å². The number of nitrogens with zero attached hydrogens (tertiary/aromatic N) is 1. The second-order valence-corrected chi connectivity index (χ2v) is 3.79. The van der Waals surface area contributed by atoms with Crippen molar-refractivity contribution < 1.29 is 9.31 Å². The highest BCUT2D eigenvalue weighted by atomic mass is 19.1. The molecule has 0 fully saturated rings. The highest BCUT2D eigenvalue weighted by Gasteiger charge is 2.19. The molecular formula is C11H15FN2O2. The number of hydrogen-bond acceptors (Lipinski definition) is 3. The maximum absolute atomic E-state index is 13.2. The summed E-state index contributed by atoms with van der Waals surface area (Å²) in [4.78, 5) is 9.98. The van der Waals surface area contributed by atoms with Gasteiger partial charge in [0.05, 0.1) is 4.92 Å². The maximum atomic E-state index is 13.2. The highest BCUT2D eigenvalue weighted by molar-refractivity contribution is 5.61. The van der Waals surface area contributed by atoms with Crippen molar-refractivity contribution >= 4 is 11.4 Å². The number of para-hydroxylation sites is 1. The van der Waals surface area contributed by atoms with Gasteiger partial charge in [0.15, 0.2) is 0 Å². The zero-order valence-electron chi connectivity index (χ0n) is 9.37. The Kier molecular flexibility index (Phi) is 4.22. The lowest BCUT2D eigenvalue weighted by molar-refractivity contribution is -0.386. The van der Waals surface area contributed by atoms with Crippen LogP contribution in [0.3, 0.4) is 0 Å². The van der Waals surface area contributed by atoms with Crippen molar-refractivity contribution in [2.45, 2.75) is 20.3 Å². The summed E-state index contributed by atoms with van der Waals surface area (Å²) in [6.45, 7) is 4.66. The molecule has 1 aromatic rings. The third-order valence-corrected chi connectivity index (χ3v) is 2.51. The van der Waals surface area contributed by atoms with E-state index >= 15 is 0 Å². The number of nitrogens with one attached hydrogen (secondary N) is 1. The summed E-state index contributed by atoms with van der Waals surface area (Å²) in [6.07, 6.45) is 0.968. The molecule has 1 unspecified atom stereocenters. The van der Waals surface area contributed by atoms with Crippen LogP contribution in [0, 0.1) is 21.8 Å². The van der Waals surface area contributed by atoms with E-state index in [0.717, 1.165) is 12.5 Å². The summed E-state index contributed by atoms with van der Waals surface area (Å²) in [5.41, 5.74) is -0.240. The molecule has 0 radical (unpaired) electrons. The van der Waals surface area contributed by atoms with Crippen molar-refractivity contribution in [2.24, 2.45) is 5.92 Å². The lowest BCUT2D eigenvalue weighted by atomic mass is 10.1. The fourth-order valence-electron chi connectivity index (χ4n) is 1.27. The number of nitro groups is 1. The molecule has 4 nitrogen and oxygen atoms in total. The van der Waals surface area contributed by atoms with Crippen molar-refractivity contribution in [3.63, 3.8) is 0 Å². The molecule has 1 rings (SSSR count). The molecule has 0 aliphatic carbocycles. The minimum Gasteiger partial charge on any atom is -0.379 e. The Hall–Kier alpha value is -1.65. The summed E-state index contributed by atoms with van der Waals surface area (Å²) < 4.78 is 13.2. The molecule has 0 saturated carbocycles. The topological polar surface area (TPSA) is 55.2 Å². The molecule has 0 spiro atoms. The van der Waals surface area contributed by atoms with Crippen LogP contribution in [0.5, 0.6) is 0 Å². The van der Waals surface area contributed by atoms with Gasteiger partial charge in [0, 0.05) is 6.54 Å². The van der Waals surface area contributed by atoms with Crippen LogP contribution in [-0.2, 0) is 0 Å². The molecule has 88 valence electrons. The molecule has 1 aromatic carbocycles. The van der Waals surface area contributed by atoms with Crippen LogP contribution in [0.4, 0.5) is 15.8 Å². The average Bonchev–Trinajstić information content (AvgIpc) is 2.25. The number of nitro benzene ring substituents is 1. The van der Waals surface area contributed by atoms with Crippen molar-refractivity contribution in [1.29, 1.82) is 0 Å². The third-order valence-electron chi connectivity index (χ3n) is 2.51. The van der Waals surface area contributed by atoms with Crippen molar-refractivity contribution in [3.05, 3.63) is 34.1 Å². The molecule has 0 heterocycles. The van der Waals surface area contributed by atoms with Crippen molar-refractivity contribution in [2.75, 3.05) is 11.9 Å². The van der Waals surface area contributed by atoms with Crippen LogP contribution in [0.25, 0.3) is 0 Å². The highest BCUT2D eigenvalue weighted by Crippen LogP contribution is 2.27. The summed E-state index contributed by atoms with van der Waals surface area (Å²) in [5.74, 6) is -0.415. The largest absolute Gasteiger partial charge is 0.379 e. The minimum absolute atomic E-state index is 0.241. The van der Waals surface area contributed by atoms with Gasteiger partial charge >= 0.3 is 5.69 Å². The Balaban J connectivity index is 2.87. The maximum Gasteiger partial charge on any atom is 0.327 e. The van der Waals surface area contributed by atoms with E-state index in [1.165, 1.54) is 12.1 Å². The van der Waals surface area contributed by atoms with Gasteiger partial charge in [-0.15, -0.1) is 0 Å². The standard InChI is InChI=1S/C11H15FN2O2/c1-3-8(2)7-13-10-6-4-5-9(12)11(10)14(15)16/h4-6,8,13H,3,7H2,1-2H3. The van der Waals surface area contributed by atoms with Gasteiger partial charge in [0.1, 0.15) is 5.69 Å². The fraction of sp³-hybridized carbons (Fsp3) is 0.455. The van der Waals surface area contributed by atoms with Crippen LogP contribution in [0.1, 0.15) is 20.3 Å². The Morgan fingerprint density at radius 1 is 1.56 bits per heavy atom. The molecule has 5 heteroatoms.